The Morgan fingerprint density at radius 2 is 2.10 bits per heavy atom. The van der Waals surface area contributed by atoms with Crippen molar-refractivity contribution in [1.29, 1.82) is 0 Å². The molecule has 0 spiro atoms. The van der Waals surface area contributed by atoms with Crippen LogP contribution in [-0.4, -0.2) is 58.5 Å². The summed E-state index contributed by atoms with van der Waals surface area (Å²) in [5, 5.41) is 0.787. The molecule has 2 aromatic rings. The third-order valence-electron chi connectivity index (χ3n) is 3.80. The highest BCUT2D eigenvalue weighted by molar-refractivity contribution is 8.01. The Bertz CT molecular complexity index is 663. The number of thioether (sulfide) groups is 1. The number of morpholine rings is 1. The smallest absolute Gasteiger partial charge is 0.248 e. The number of fused-ring (bicyclic) bond motifs is 3. The quantitative estimate of drug-likeness (QED) is 0.838. The summed E-state index contributed by atoms with van der Waals surface area (Å²) in [6.07, 6.45) is 0. The number of rotatable bonds is 2. The Kier molecular flexibility index (Phi) is 3.02. The molecular weight excluding hydrogens is 274 g/mol. The Labute approximate surface area is 120 Å². The number of hydrogen-bond acceptors (Lipinski definition) is 5. The highest BCUT2D eigenvalue weighted by atomic mass is 32.2. The number of carbonyl (C=O) groups excluding carboxylic acids is 1. The fourth-order valence-corrected chi connectivity index (χ4v) is 3.94. The summed E-state index contributed by atoms with van der Waals surface area (Å²) < 4.78 is 7.11. The second kappa shape index (κ2) is 4.87. The van der Waals surface area contributed by atoms with Crippen LogP contribution >= 0.6 is 11.8 Å². The van der Waals surface area contributed by atoms with Gasteiger partial charge in [-0.3, -0.25) is 14.3 Å². The molecule has 3 heterocycles. The molecule has 6 heteroatoms. The molecule has 20 heavy (non-hydrogen) atoms. The number of benzene rings is 1. The average Bonchev–Trinajstić information content (AvgIpc) is 2.98. The minimum atomic E-state index is -0.0415. The van der Waals surface area contributed by atoms with Gasteiger partial charge in [0.2, 0.25) is 5.91 Å². The van der Waals surface area contributed by atoms with E-state index in [0.29, 0.717) is 0 Å². The first-order valence-electron chi connectivity index (χ1n) is 6.81. The summed E-state index contributed by atoms with van der Waals surface area (Å²) in [4.78, 5) is 19.4. The lowest BCUT2D eigenvalue weighted by Gasteiger charge is -2.27. The summed E-state index contributed by atoms with van der Waals surface area (Å²) in [5.74, 6) is 0.158. The van der Waals surface area contributed by atoms with Crippen LogP contribution < -0.4 is 0 Å². The largest absolute Gasteiger partial charge is 0.379 e. The van der Waals surface area contributed by atoms with Crippen LogP contribution in [0, 0.1) is 0 Å². The summed E-state index contributed by atoms with van der Waals surface area (Å²) in [5.41, 5.74) is 1.82. The van der Waals surface area contributed by atoms with Crippen LogP contribution in [0.3, 0.4) is 0 Å². The van der Waals surface area contributed by atoms with Crippen molar-refractivity contribution in [2.75, 3.05) is 32.8 Å². The van der Waals surface area contributed by atoms with Gasteiger partial charge in [-0.15, -0.1) is 0 Å². The highest BCUT2D eigenvalue weighted by Gasteiger charge is 2.35. The van der Waals surface area contributed by atoms with Gasteiger partial charge in [0, 0.05) is 19.6 Å². The van der Waals surface area contributed by atoms with Gasteiger partial charge in [-0.1, -0.05) is 23.9 Å². The third kappa shape index (κ3) is 1.95. The monoisotopic (exact) mass is 289 g/mol. The van der Waals surface area contributed by atoms with Gasteiger partial charge in [0.25, 0.3) is 0 Å². The van der Waals surface area contributed by atoms with E-state index in [1.54, 1.807) is 16.3 Å². The van der Waals surface area contributed by atoms with Crippen LogP contribution in [0.1, 0.15) is 4.79 Å². The van der Waals surface area contributed by atoms with E-state index >= 15 is 0 Å². The van der Waals surface area contributed by atoms with E-state index in [2.05, 4.69) is 9.88 Å². The van der Waals surface area contributed by atoms with E-state index in [1.165, 1.54) is 0 Å². The fraction of sp³-hybridized carbons (Fsp3) is 0.429. The maximum absolute atomic E-state index is 12.6. The van der Waals surface area contributed by atoms with E-state index in [0.717, 1.165) is 49.0 Å². The summed E-state index contributed by atoms with van der Waals surface area (Å²) >= 11 is 1.58. The molecule has 0 N–H and O–H groups in total. The zero-order valence-corrected chi connectivity index (χ0v) is 11.8. The van der Waals surface area contributed by atoms with Crippen molar-refractivity contribution in [3.05, 3.63) is 24.3 Å². The van der Waals surface area contributed by atoms with Gasteiger partial charge in [-0.2, -0.15) is 0 Å². The SMILES string of the molecule is O=C1C(CN2CCOCC2)Sc2nc3ccccc3n21. The van der Waals surface area contributed by atoms with Crippen molar-refractivity contribution < 1.29 is 9.53 Å². The van der Waals surface area contributed by atoms with E-state index < -0.39 is 0 Å². The molecule has 4 rings (SSSR count). The molecule has 1 saturated heterocycles. The molecule has 0 radical (unpaired) electrons. The van der Waals surface area contributed by atoms with Crippen molar-refractivity contribution in [3.63, 3.8) is 0 Å². The number of ether oxygens (including phenoxy) is 1. The highest BCUT2D eigenvalue weighted by Crippen LogP contribution is 2.35. The molecule has 104 valence electrons. The zero-order valence-electron chi connectivity index (χ0n) is 11.0. The van der Waals surface area contributed by atoms with Gasteiger partial charge < -0.3 is 4.74 Å². The van der Waals surface area contributed by atoms with Crippen LogP contribution in [0.15, 0.2) is 29.4 Å². The first-order chi connectivity index (χ1) is 9.83. The first kappa shape index (κ1) is 12.4. The molecule has 0 aliphatic carbocycles. The molecule has 1 unspecified atom stereocenters. The fourth-order valence-electron chi connectivity index (χ4n) is 2.75. The predicted octanol–water partition coefficient (Wildman–Crippen LogP) is 1.48. The number of carbonyl (C=O) groups is 1. The summed E-state index contributed by atoms with van der Waals surface area (Å²) in [7, 11) is 0. The molecule has 0 saturated carbocycles. The molecule has 1 aromatic heterocycles. The number of nitrogens with zero attached hydrogens (tertiary/aromatic N) is 3. The Morgan fingerprint density at radius 3 is 2.95 bits per heavy atom. The molecular formula is C14H15N3O2S. The molecule has 1 fully saturated rings. The second-order valence-electron chi connectivity index (χ2n) is 5.08. The van der Waals surface area contributed by atoms with Crippen molar-refractivity contribution in [3.8, 4) is 0 Å². The molecule has 0 amide bonds. The van der Waals surface area contributed by atoms with Gasteiger partial charge in [-0.25, -0.2) is 4.98 Å². The van der Waals surface area contributed by atoms with E-state index in [4.69, 9.17) is 4.74 Å². The second-order valence-corrected chi connectivity index (χ2v) is 6.25. The van der Waals surface area contributed by atoms with Gasteiger partial charge in [0.15, 0.2) is 5.16 Å². The first-order valence-corrected chi connectivity index (χ1v) is 7.69. The minimum absolute atomic E-state index is 0.0415. The Morgan fingerprint density at radius 1 is 1.30 bits per heavy atom. The summed E-state index contributed by atoms with van der Waals surface area (Å²) in [6, 6.07) is 7.81. The molecule has 2 aliphatic heterocycles. The van der Waals surface area contributed by atoms with Gasteiger partial charge in [0.05, 0.1) is 24.2 Å². The molecule has 0 bridgehead atoms. The average molecular weight is 289 g/mol. The van der Waals surface area contributed by atoms with Crippen LogP contribution in [0.2, 0.25) is 0 Å². The van der Waals surface area contributed by atoms with Crippen molar-refractivity contribution in [1.82, 2.24) is 14.5 Å². The van der Waals surface area contributed by atoms with Crippen LogP contribution in [0.25, 0.3) is 11.0 Å². The Balaban J connectivity index is 1.59. The lowest BCUT2D eigenvalue weighted by atomic mass is 10.3. The lowest BCUT2D eigenvalue weighted by Crippen LogP contribution is -2.41. The van der Waals surface area contributed by atoms with Crippen molar-refractivity contribution in [2.45, 2.75) is 10.4 Å². The van der Waals surface area contributed by atoms with E-state index in [-0.39, 0.29) is 11.2 Å². The van der Waals surface area contributed by atoms with Crippen molar-refractivity contribution >= 4 is 28.7 Å². The van der Waals surface area contributed by atoms with Gasteiger partial charge in [-0.05, 0) is 12.1 Å². The predicted molar refractivity (Wildman–Crippen MR) is 77.3 cm³/mol. The zero-order chi connectivity index (χ0) is 13.5. The molecule has 2 aliphatic rings. The van der Waals surface area contributed by atoms with Gasteiger partial charge >= 0.3 is 0 Å². The number of hydrogen-bond donors (Lipinski definition) is 0. The molecule has 5 nitrogen and oxygen atoms in total. The number of aromatic nitrogens is 2. The maximum atomic E-state index is 12.6. The van der Waals surface area contributed by atoms with Gasteiger partial charge in [0.1, 0.15) is 5.25 Å². The normalized spacial score (nSPS) is 23.4. The maximum Gasteiger partial charge on any atom is 0.248 e. The molecule has 1 aromatic carbocycles. The molecule has 1 atom stereocenters. The summed E-state index contributed by atoms with van der Waals surface area (Å²) in [6.45, 7) is 4.13. The Hall–Kier alpha value is -1.37. The third-order valence-corrected chi connectivity index (χ3v) is 4.92. The van der Waals surface area contributed by atoms with Crippen molar-refractivity contribution in [2.24, 2.45) is 0 Å². The van der Waals surface area contributed by atoms with Crippen LogP contribution in [0.4, 0.5) is 0 Å². The van der Waals surface area contributed by atoms with Crippen LogP contribution in [0.5, 0.6) is 0 Å². The number of para-hydroxylation sites is 2. The topological polar surface area (TPSA) is 47.4 Å². The van der Waals surface area contributed by atoms with E-state index in [9.17, 15) is 4.79 Å². The van der Waals surface area contributed by atoms with Crippen LogP contribution in [-0.2, 0) is 4.74 Å². The minimum Gasteiger partial charge on any atom is -0.379 e. The number of imidazole rings is 1. The lowest BCUT2D eigenvalue weighted by molar-refractivity contribution is 0.0373. The standard InChI is InChI=1S/C14H15N3O2S/c18-13-12(9-16-5-7-19-8-6-16)20-14-15-10-3-1-2-4-11(10)17(13)14/h1-4,12H,5-9H2. The van der Waals surface area contributed by atoms with E-state index in [1.807, 2.05) is 24.3 Å².